The predicted molar refractivity (Wildman–Crippen MR) is 121 cm³/mol. The molecule has 5 atom stereocenters. The van der Waals surface area contributed by atoms with E-state index in [4.69, 9.17) is 8.92 Å². The normalized spacial score (nSPS) is 32.1. The highest BCUT2D eigenvalue weighted by Crippen LogP contribution is 2.61. The Balaban J connectivity index is 1.38. The number of methoxy groups -OCH3 is 1. The van der Waals surface area contributed by atoms with Gasteiger partial charge in [0.15, 0.2) is 0 Å². The Morgan fingerprint density at radius 1 is 1.00 bits per heavy atom. The second kappa shape index (κ2) is 7.63. The van der Waals surface area contributed by atoms with E-state index < -0.39 is 10.1 Å². The lowest BCUT2D eigenvalue weighted by atomic mass is 9.55. The molecule has 0 amide bonds. The molecule has 2 aromatic carbocycles. The summed E-state index contributed by atoms with van der Waals surface area (Å²) in [5, 5.41) is 0. The molecule has 0 aliphatic heterocycles. The Bertz CT molecular complexity index is 1080. The van der Waals surface area contributed by atoms with Gasteiger partial charge in [0.2, 0.25) is 0 Å². The van der Waals surface area contributed by atoms with Crippen molar-refractivity contribution in [2.45, 2.75) is 69.3 Å². The molecule has 2 saturated carbocycles. The fourth-order valence-corrected chi connectivity index (χ4v) is 7.91. The first kappa shape index (κ1) is 21.0. The maximum absolute atomic E-state index is 13.0. The van der Waals surface area contributed by atoms with Crippen molar-refractivity contribution in [3.8, 4) is 5.75 Å². The molecular weight excluding hydrogens is 408 g/mol. The molecule has 2 aromatic rings. The lowest BCUT2D eigenvalue weighted by Crippen LogP contribution is -2.45. The van der Waals surface area contributed by atoms with Gasteiger partial charge in [0.1, 0.15) is 5.75 Å². The number of benzene rings is 2. The van der Waals surface area contributed by atoms with Gasteiger partial charge in [0.25, 0.3) is 10.1 Å². The third-order valence-corrected chi connectivity index (χ3v) is 9.73. The Morgan fingerprint density at radius 3 is 2.52 bits per heavy atom. The van der Waals surface area contributed by atoms with Gasteiger partial charge >= 0.3 is 0 Å². The van der Waals surface area contributed by atoms with Crippen LogP contribution in [0, 0.1) is 24.2 Å². The zero-order valence-electron chi connectivity index (χ0n) is 18.6. The van der Waals surface area contributed by atoms with Gasteiger partial charge in [0, 0.05) is 0 Å². The molecule has 166 valence electrons. The first-order chi connectivity index (χ1) is 14.8. The van der Waals surface area contributed by atoms with E-state index in [1.165, 1.54) is 17.5 Å². The third kappa shape index (κ3) is 3.50. The van der Waals surface area contributed by atoms with Crippen LogP contribution in [0.25, 0.3) is 0 Å². The fraction of sp³-hybridized carbons (Fsp3) is 0.538. The summed E-state index contributed by atoms with van der Waals surface area (Å²) in [7, 11) is -2.02. The highest BCUT2D eigenvalue weighted by molar-refractivity contribution is 7.86. The first-order valence-electron chi connectivity index (χ1n) is 11.5. The van der Waals surface area contributed by atoms with E-state index in [0.717, 1.165) is 43.4 Å². The van der Waals surface area contributed by atoms with E-state index in [0.29, 0.717) is 17.8 Å². The second-order valence-corrected chi connectivity index (χ2v) is 11.5. The molecule has 5 rings (SSSR count). The number of hydrogen-bond acceptors (Lipinski definition) is 4. The number of fused-ring (bicyclic) bond motifs is 5. The molecule has 0 aromatic heterocycles. The van der Waals surface area contributed by atoms with Gasteiger partial charge in [-0.2, -0.15) is 8.42 Å². The molecule has 3 aliphatic rings. The maximum atomic E-state index is 13.0. The van der Waals surface area contributed by atoms with E-state index >= 15 is 0 Å². The lowest BCUT2D eigenvalue weighted by Gasteiger charge is -2.50. The number of rotatable bonds is 4. The van der Waals surface area contributed by atoms with E-state index in [1.807, 2.05) is 19.1 Å². The summed E-state index contributed by atoms with van der Waals surface area (Å²) >= 11 is 0. The number of ether oxygens (including phenoxy) is 1. The van der Waals surface area contributed by atoms with Crippen LogP contribution in [-0.4, -0.2) is 21.6 Å². The van der Waals surface area contributed by atoms with Crippen molar-refractivity contribution in [3.63, 3.8) is 0 Å². The van der Waals surface area contributed by atoms with Crippen molar-refractivity contribution in [1.82, 2.24) is 0 Å². The quantitative estimate of drug-likeness (QED) is 0.578. The highest BCUT2D eigenvalue weighted by Gasteiger charge is 2.56. The van der Waals surface area contributed by atoms with Gasteiger partial charge in [-0.1, -0.05) is 30.7 Å². The van der Waals surface area contributed by atoms with Crippen molar-refractivity contribution in [3.05, 3.63) is 59.2 Å². The van der Waals surface area contributed by atoms with Crippen molar-refractivity contribution in [2.75, 3.05) is 7.11 Å². The highest BCUT2D eigenvalue weighted by atomic mass is 32.2. The predicted octanol–water partition coefficient (Wildman–Crippen LogP) is 5.63. The summed E-state index contributed by atoms with van der Waals surface area (Å²) < 4.78 is 37.3. The second-order valence-electron chi connectivity index (χ2n) is 9.95. The van der Waals surface area contributed by atoms with Crippen LogP contribution >= 0.6 is 0 Å². The van der Waals surface area contributed by atoms with Crippen LogP contribution in [0.2, 0.25) is 0 Å². The molecule has 0 radical (unpaired) electrons. The SMILES string of the molecule is COc1ccc2c(c1)CC[C@@H]1[C@H]3CC[C@@H](OS(=O)(=O)c4ccc(C)cc4)[C@@]3(C)CC[C@@H]21. The smallest absolute Gasteiger partial charge is 0.297 e. The fourth-order valence-electron chi connectivity index (χ4n) is 6.71. The molecule has 0 bridgehead atoms. The number of aryl methyl sites for hydroxylation is 2. The van der Waals surface area contributed by atoms with Crippen LogP contribution in [0.4, 0.5) is 0 Å². The molecule has 0 saturated heterocycles. The zero-order chi connectivity index (χ0) is 21.8. The molecule has 0 unspecified atom stereocenters. The molecule has 3 aliphatic carbocycles. The molecule has 2 fully saturated rings. The summed E-state index contributed by atoms with van der Waals surface area (Å²) in [6, 6.07) is 13.5. The van der Waals surface area contributed by atoms with Crippen molar-refractivity contribution in [2.24, 2.45) is 17.3 Å². The molecular formula is C26H32O4S. The van der Waals surface area contributed by atoms with Gasteiger partial charge in [-0.3, -0.25) is 4.18 Å². The minimum absolute atomic E-state index is 0.0804. The molecule has 0 N–H and O–H groups in total. The number of hydrogen-bond donors (Lipinski definition) is 0. The monoisotopic (exact) mass is 440 g/mol. The van der Waals surface area contributed by atoms with E-state index in [-0.39, 0.29) is 16.4 Å². The Morgan fingerprint density at radius 2 is 1.77 bits per heavy atom. The summed E-state index contributed by atoms with van der Waals surface area (Å²) in [6.45, 7) is 4.23. The van der Waals surface area contributed by atoms with Crippen molar-refractivity contribution in [1.29, 1.82) is 0 Å². The molecule has 5 heteroatoms. The standard InChI is InChI=1S/C26H32O4S/c1-17-4-8-20(9-5-17)31(27,28)30-25-13-12-24-23-10-6-18-16-19(29-3)7-11-21(18)22(23)14-15-26(24,25)2/h4-5,7-9,11,16,22-25H,6,10,12-15H2,1-3H3/t22-,23-,24+,25+,26-/m0/s1. The van der Waals surface area contributed by atoms with Crippen molar-refractivity contribution >= 4 is 10.1 Å². The van der Waals surface area contributed by atoms with Crippen LogP contribution in [0.15, 0.2) is 47.4 Å². The summed E-state index contributed by atoms with van der Waals surface area (Å²) in [6.07, 6.45) is 6.00. The van der Waals surface area contributed by atoms with E-state index in [9.17, 15) is 8.42 Å². The summed E-state index contributed by atoms with van der Waals surface area (Å²) in [5.74, 6) is 2.63. The van der Waals surface area contributed by atoms with Gasteiger partial charge in [0.05, 0.1) is 18.1 Å². The topological polar surface area (TPSA) is 52.6 Å². The van der Waals surface area contributed by atoms with Gasteiger partial charge in [-0.25, -0.2) is 0 Å². The summed E-state index contributed by atoms with van der Waals surface area (Å²) in [5.41, 5.74) is 3.87. The lowest BCUT2D eigenvalue weighted by molar-refractivity contribution is -0.00804. The van der Waals surface area contributed by atoms with Crippen LogP contribution in [0.1, 0.15) is 61.6 Å². The van der Waals surface area contributed by atoms with Gasteiger partial charge in [-0.15, -0.1) is 0 Å². The average Bonchev–Trinajstić information content (AvgIpc) is 3.09. The molecule has 0 heterocycles. The zero-order valence-corrected chi connectivity index (χ0v) is 19.5. The average molecular weight is 441 g/mol. The Labute approximate surface area is 186 Å². The molecule has 31 heavy (non-hydrogen) atoms. The summed E-state index contributed by atoms with van der Waals surface area (Å²) in [4.78, 5) is 0.263. The minimum atomic E-state index is -3.75. The van der Waals surface area contributed by atoms with Crippen LogP contribution in [0.5, 0.6) is 5.75 Å². The van der Waals surface area contributed by atoms with Crippen LogP contribution in [-0.2, 0) is 20.7 Å². The van der Waals surface area contributed by atoms with Crippen LogP contribution < -0.4 is 4.74 Å². The minimum Gasteiger partial charge on any atom is -0.497 e. The van der Waals surface area contributed by atoms with Gasteiger partial charge in [-0.05, 0) is 104 Å². The Kier molecular flexibility index (Phi) is 5.17. The largest absolute Gasteiger partial charge is 0.497 e. The maximum Gasteiger partial charge on any atom is 0.297 e. The van der Waals surface area contributed by atoms with Gasteiger partial charge < -0.3 is 4.74 Å². The third-order valence-electron chi connectivity index (χ3n) is 8.40. The van der Waals surface area contributed by atoms with E-state index in [2.05, 4.69) is 25.1 Å². The Hall–Kier alpha value is -1.85. The first-order valence-corrected chi connectivity index (χ1v) is 12.9. The van der Waals surface area contributed by atoms with Crippen LogP contribution in [0.3, 0.4) is 0 Å². The molecule has 0 spiro atoms. The van der Waals surface area contributed by atoms with E-state index in [1.54, 1.807) is 19.2 Å². The molecule has 4 nitrogen and oxygen atoms in total. The van der Waals surface area contributed by atoms with Crippen molar-refractivity contribution < 1.29 is 17.3 Å².